The minimum Gasteiger partial charge on any atom is -0.467 e. The van der Waals surface area contributed by atoms with Gasteiger partial charge in [-0.25, -0.2) is 18.7 Å². The Labute approximate surface area is 481 Å². The third-order valence-corrected chi connectivity index (χ3v) is 16.3. The highest BCUT2D eigenvalue weighted by Crippen LogP contribution is 2.35. The van der Waals surface area contributed by atoms with Crippen molar-refractivity contribution >= 4 is 46.3 Å². The second-order valence-electron chi connectivity index (χ2n) is 20.8. The van der Waals surface area contributed by atoms with Crippen LogP contribution in [0.2, 0.25) is 0 Å². The van der Waals surface area contributed by atoms with E-state index in [1.807, 2.05) is 4.90 Å². The highest BCUT2D eigenvalue weighted by atomic mass is 32.2. The Morgan fingerprint density at radius 1 is 0.939 bits per heavy atom. The van der Waals surface area contributed by atoms with Crippen molar-refractivity contribution in [3.8, 4) is 23.2 Å². The molecule has 4 aromatic rings. The molecule has 0 spiro atoms. The molecule has 82 heavy (non-hydrogen) atoms. The monoisotopic (exact) mass is 1160 g/mol. The summed E-state index contributed by atoms with van der Waals surface area (Å²) >= 11 is 1.70. The van der Waals surface area contributed by atoms with Gasteiger partial charge in [0.1, 0.15) is 29.8 Å². The number of amides is 4. The summed E-state index contributed by atoms with van der Waals surface area (Å²) in [5.74, 6) is -0.997. The van der Waals surface area contributed by atoms with Crippen molar-refractivity contribution in [3.63, 3.8) is 0 Å². The average molecular weight is 1160 g/mol. The zero-order chi connectivity index (χ0) is 58.1. The summed E-state index contributed by atoms with van der Waals surface area (Å²) in [5, 5.41) is 24.6. The summed E-state index contributed by atoms with van der Waals surface area (Å²) in [6, 6.07) is 11.4. The number of fused-ring (bicyclic) bond motifs is 5. The molecular weight excluding hydrogens is 1080 g/mol. The number of carbonyl (C=O) groups excluding carboxylic acids is 4. The third kappa shape index (κ3) is 16.3. The Morgan fingerprint density at radius 3 is 2.34 bits per heavy atom. The quantitative estimate of drug-likeness (QED) is 0.0649. The smallest absolute Gasteiger partial charge is 0.258 e. The summed E-state index contributed by atoms with van der Waals surface area (Å²) < 4.78 is 58.3. The van der Waals surface area contributed by atoms with Gasteiger partial charge < -0.3 is 60.1 Å². The molecule has 0 saturated carbocycles. The van der Waals surface area contributed by atoms with E-state index in [-0.39, 0.29) is 109 Å². The predicted octanol–water partition coefficient (Wildman–Crippen LogP) is 3.92. The van der Waals surface area contributed by atoms with Crippen LogP contribution in [-0.2, 0) is 52.8 Å². The lowest BCUT2D eigenvalue weighted by atomic mass is 9.88. The van der Waals surface area contributed by atoms with E-state index in [2.05, 4.69) is 42.0 Å². The van der Waals surface area contributed by atoms with Crippen LogP contribution in [-0.4, -0.2) is 193 Å². The summed E-state index contributed by atoms with van der Waals surface area (Å²) in [6.45, 7) is 9.55. The van der Waals surface area contributed by atoms with Crippen molar-refractivity contribution in [2.75, 3.05) is 111 Å². The van der Waals surface area contributed by atoms with E-state index in [9.17, 15) is 33.2 Å². The number of aliphatic imine (C=N–C) groups is 1. The number of likely N-dealkylation sites (N-methyl/N-ethyl adjacent to an activating group) is 1. The van der Waals surface area contributed by atoms with Gasteiger partial charge in [-0.2, -0.15) is 10.4 Å². The summed E-state index contributed by atoms with van der Waals surface area (Å²) in [7, 11) is 3.32. The average Bonchev–Trinajstić information content (AvgIpc) is 4.33. The van der Waals surface area contributed by atoms with Crippen LogP contribution in [0.1, 0.15) is 84.9 Å². The predicted molar refractivity (Wildman–Crippen MR) is 303 cm³/mol. The van der Waals surface area contributed by atoms with E-state index >= 15 is 0 Å². The highest BCUT2D eigenvalue weighted by Gasteiger charge is 2.42. The van der Waals surface area contributed by atoms with E-state index in [1.165, 1.54) is 41.4 Å². The Bertz CT molecular complexity index is 2900. The zero-order valence-electron chi connectivity index (χ0n) is 47.1. The Kier molecular flexibility index (Phi) is 22.5. The SMILES string of the molecule is CN[C@@H](C)C(=O)N[C@H](C(=O)N1CCC[C@H]1C1=NC(Cc2ccc(F)cc2)CS1)C1CCN(CCOCCOCCOCCOCCC(=O)NCCn2nc(C#N)c3c2CN(C)C(=O)c2ccc(F)cc2[C@@H](C)Oc2nc-3cnc2N)CC1. The number of benzene rings is 2. The number of nitrogens with two attached hydrogens (primary N) is 1. The van der Waals surface area contributed by atoms with Gasteiger partial charge in [-0.3, -0.25) is 28.9 Å². The van der Waals surface area contributed by atoms with E-state index in [4.69, 9.17) is 34.4 Å². The summed E-state index contributed by atoms with van der Waals surface area (Å²) in [4.78, 5) is 73.9. The molecular formula is C57H75F2N13O9S. The topological polar surface area (TPSA) is 266 Å². The first kappa shape index (κ1) is 61.4. The molecule has 2 aromatic heterocycles. The number of likely N-dealkylation sites (tertiary alicyclic amines) is 2. The summed E-state index contributed by atoms with van der Waals surface area (Å²) in [5.41, 5.74) is 8.70. The van der Waals surface area contributed by atoms with Crippen molar-refractivity contribution in [2.24, 2.45) is 10.9 Å². The lowest BCUT2D eigenvalue weighted by Crippen LogP contribution is -2.58. The fourth-order valence-corrected chi connectivity index (χ4v) is 11.7. The first-order valence-corrected chi connectivity index (χ1v) is 29.1. The van der Waals surface area contributed by atoms with Gasteiger partial charge in [0.05, 0.1) is 112 Å². The lowest BCUT2D eigenvalue weighted by Gasteiger charge is -2.38. The second kappa shape index (κ2) is 30.1. The number of hydrogen-bond acceptors (Lipinski definition) is 18. The molecule has 442 valence electrons. The van der Waals surface area contributed by atoms with Crippen molar-refractivity contribution in [2.45, 2.75) is 95.7 Å². The number of carbonyl (C=O) groups is 4. The van der Waals surface area contributed by atoms with Crippen LogP contribution >= 0.6 is 11.8 Å². The number of nitriles is 1. The number of nitrogens with one attached hydrogen (secondary N) is 3. The minimum atomic E-state index is -0.829. The van der Waals surface area contributed by atoms with Crippen molar-refractivity contribution in [3.05, 3.63) is 88.4 Å². The molecule has 4 amide bonds. The summed E-state index contributed by atoms with van der Waals surface area (Å²) in [6.07, 6.45) is 4.62. The molecule has 5 N–H and O–H groups in total. The van der Waals surface area contributed by atoms with Gasteiger partial charge in [0.25, 0.3) is 11.8 Å². The second-order valence-corrected chi connectivity index (χ2v) is 21.8. The van der Waals surface area contributed by atoms with Crippen LogP contribution < -0.4 is 26.4 Å². The molecule has 0 radical (unpaired) electrons. The van der Waals surface area contributed by atoms with Gasteiger partial charge in [-0.15, -0.1) is 11.8 Å². The van der Waals surface area contributed by atoms with Crippen LogP contribution in [0, 0.1) is 28.9 Å². The van der Waals surface area contributed by atoms with E-state index in [0.29, 0.717) is 63.0 Å². The highest BCUT2D eigenvalue weighted by molar-refractivity contribution is 8.14. The van der Waals surface area contributed by atoms with Gasteiger partial charge in [0, 0.05) is 50.0 Å². The van der Waals surface area contributed by atoms with Gasteiger partial charge in [-0.1, -0.05) is 12.1 Å². The first-order valence-electron chi connectivity index (χ1n) is 28.1. The van der Waals surface area contributed by atoms with Crippen LogP contribution in [0.25, 0.3) is 11.3 Å². The van der Waals surface area contributed by atoms with Gasteiger partial charge in [-0.05, 0) is 108 Å². The van der Waals surface area contributed by atoms with Crippen molar-refractivity contribution < 1.29 is 51.6 Å². The van der Waals surface area contributed by atoms with Crippen LogP contribution in [0.3, 0.4) is 0 Å². The number of ether oxygens (including phenoxy) is 5. The largest absolute Gasteiger partial charge is 0.467 e. The zero-order valence-corrected chi connectivity index (χ0v) is 47.9. The van der Waals surface area contributed by atoms with Crippen LogP contribution in [0.5, 0.6) is 5.88 Å². The molecule has 25 heteroatoms. The number of aromatic nitrogens is 4. The maximum Gasteiger partial charge on any atom is 0.258 e. The number of rotatable bonds is 26. The molecule has 5 atom stereocenters. The maximum absolute atomic E-state index is 14.5. The van der Waals surface area contributed by atoms with Crippen molar-refractivity contribution in [1.29, 1.82) is 5.26 Å². The van der Waals surface area contributed by atoms with Gasteiger partial charge >= 0.3 is 0 Å². The number of piperidine rings is 1. The molecule has 0 aliphatic carbocycles. The fourth-order valence-electron chi connectivity index (χ4n) is 10.5. The van der Waals surface area contributed by atoms with Crippen LogP contribution in [0.4, 0.5) is 14.6 Å². The molecule has 4 aliphatic rings. The minimum absolute atomic E-state index is 0.0106. The standard InChI is InChI=1S/C57H75F2N13O9S/c1-36(62-3)53(74)67-51(57(76)71-17-5-6-47(71)55-65-42(35-82-55)30-38-7-9-40(58)10-8-38)39-13-18-70(19-14-39)21-23-78-25-27-80-29-28-79-26-24-77-22-15-49(73)63-16-20-72-48-34-69(4)56(75)43-12-11-41(59)31-44(43)37(2)81-54-52(61)64-33-46(66-54)50(48)45(32-60)68-72/h7-12,31,33,36-37,39,42,47,51,62H,5-6,13-30,34-35H2,1-4H3,(H2,61,64)(H,63,73)(H,67,74)/t36-,37+,42?,47-,51-/m0/s1. The molecule has 2 aromatic carbocycles. The van der Waals surface area contributed by atoms with E-state index < -0.39 is 29.9 Å². The van der Waals surface area contributed by atoms with Crippen LogP contribution in [0.15, 0.2) is 53.7 Å². The Hall–Kier alpha value is -6.66. The van der Waals surface area contributed by atoms with Crippen molar-refractivity contribution in [1.82, 2.24) is 50.4 Å². The Balaban J connectivity index is 0.683. The molecule has 2 fully saturated rings. The molecule has 8 rings (SSSR count). The van der Waals surface area contributed by atoms with E-state index in [1.54, 1.807) is 56.5 Å². The molecule has 6 heterocycles. The normalized spacial score (nSPS) is 19.3. The fraction of sp³-hybridized carbons (Fsp3) is 0.561. The molecule has 22 nitrogen and oxygen atoms in total. The Morgan fingerprint density at radius 2 is 1.63 bits per heavy atom. The number of nitrogen functional groups attached to an aromatic ring is 1. The lowest BCUT2D eigenvalue weighted by molar-refractivity contribution is -0.138. The van der Waals surface area contributed by atoms with E-state index in [0.717, 1.165) is 68.1 Å². The number of thioether (sulfide) groups is 1. The molecule has 2 saturated heterocycles. The van der Waals surface area contributed by atoms with Gasteiger partial charge in [0.15, 0.2) is 11.5 Å². The van der Waals surface area contributed by atoms with Gasteiger partial charge in [0.2, 0.25) is 17.7 Å². The number of hydrogen-bond donors (Lipinski definition) is 4. The number of anilines is 1. The molecule has 2 bridgehead atoms. The number of halogens is 2. The molecule has 4 aliphatic heterocycles. The number of nitrogens with zero attached hydrogens (tertiary/aromatic N) is 9. The first-order chi connectivity index (χ1) is 39.7. The third-order valence-electron chi connectivity index (χ3n) is 15.1. The molecule has 1 unspecified atom stereocenters. The maximum atomic E-state index is 14.5.